The number of aryl methyl sites for hydroxylation is 5. The molecule has 0 fully saturated rings. The van der Waals surface area contributed by atoms with E-state index < -0.39 is 69.6 Å². The van der Waals surface area contributed by atoms with E-state index in [1.165, 1.54) is 50.8 Å². The second-order valence-corrected chi connectivity index (χ2v) is 37.1. The van der Waals surface area contributed by atoms with Crippen LogP contribution in [0.2, 0.25) is 10.0 Å². The predicted octanol–water partition coefficient (Wildman–Crippen LogP) is 25.3. The van der Waals surface area contributed by atoms with Gasteiger partial charge in [-0.2, -0.15) is 0 Å². The van der Waals surface area contributed by atoms with Crippen molar-refractivity contribution in [3.8, 4) is 11.5 Å². The van der Waals surface area contributed by atoms with E-state index in [2.05, 4.69) is 171 Å². The zero-order valence-electron chi connectivity index (χ0n) is 72.4. The number of esters is 5. The number of hydrogen-bond acceptors (Lipinski definition) is 24. The highest BCUT2D eigenvalue weighted by Crippen LogP contribution is 2.61. The van der Waals surface area contributed by atoms with E-state index in [0.29, 0.717) is 67.2 Å². The van der Waals surface area contributed by atoms with Crippen LogP contribution in [0, 0.1) is 69.5 Å². The molecular weight excluding hydrogens is 2240 g/mol. The van der Waals surface area contributed by atoms with Crippen molar-refractivity contribution in [1.82, 2.24) is 20.4 Å². The number of anilines is 3. The average molecular weight is 2330 g/mol. The van der Waals surface area contributed by atoms with Gasteiger partial charge in [0.15, 0.2) is 52.5 Å². The number of aromatic amines is 1. The van der Waals surface area contributed by atoms with Gasteiger partial charge in [-0.3, -0.25) is 40.2 Å². The van der Waals surface area contributed by atoms with Gasteiger partial charge in [0.1, 0.15) is 39.9 Å². The zero-order valence-corrected chi connectivity index (χ0v) is 86.6. The van der Waals surface area contributed by atoms with Crippen molar-refractivity contribution >= 4 is 249 Å². The second kappa shape index (κ2) is 62.5. The molecule has 0 unspecified atom stereocenters. The molecule has 3 heterocycles. The molecule has 710 valence electrons. The first kappa shape index (κ1) is 120. The first-order chi connectivity index (χ1) is 61.7. The van der Waals surface area contributed by atoms with Gasteiger partial charge in [-0.05, 0) is 321 Å². The smallest absolute Gasteiger partial charge is 0.347 e. The number of carbonyl (C=O) groups is 7. The number of hydrogen-bond donors (Lipinski definition) is 7. The minimum absolute atomic E-state index is 0. The first-order valence-electron chi connectivity index (χ1n) is 38.0. The third-order valence-corrected chi connectivity index (χ3v) is 21.9. The van der Waals surface area contributed by atoms with E-state index >= 15 is 0 Å². The number of fused-ring (bicyclic) bond motifs is 3. The summed E-state index contributed by atoms with van der Waals surface area (Å²) < 4.78 is 127. The normalized spacial score (nSPS) is 10.2. The third kappa shape index (κ3) is 39.6. The van der Waals surface area contributed by atoms with Crippen molar-refractivity contribution in [3.63, 3.8) is 0 Å². The van der Waals surface area contributed by atoms with Gasteiger partial charge in [0.25, 0.3) is 0 Å². The number of ketones is 1. The molecule has 0 bridgehead atoms. The maximum absolute atomic E-state index is 14.0. The Morgan fingerprint density at radius 2 is 0.908 bits per heavy atom. The number of ether oxygens (including phenoxy) is 7. The Morgan fingerprint density at radius 1 is 0.511 bits per heavy atom. The molecule has 11 rings (SSSR count). The lowest BCUT2D eigenvalue weighted by Gasteiger charge is -2.09. The summed E-state index contributed by atoms with van der Waals surface area (Å²) in [6.07, 6.45) is 6.49. The molecule has 0 amide bonds. The molecule has 3 aromatic heterocycles. The van der Waals surface area contributed by atoms with Crippen LogP contribution in [-0.4, -0.2) is 111 Å². The van der Waals surface area contributed by atoms with Gasteiger partial charge in [-0.25, -0.2) is 50.3 Å². The third-order valence-electron chi connectivity index (χ3n) is 15.6. The van der Waals surface area contributed by atoms with E-state index in [9.17, 15) is 69.3 Å². The molecule has 0 aliphatic heterocycles. The summed E-state index contributed by atoms with van der Waals surface area (Å²) >= 11 is 44.6. The van der Waals surface area contributed by atoms with Crippen LogP contribution >= 0.6 is 158 Å². The van der Waals surface area contributed by atoms with E-state index in [1.54, 1.807) is 119 Å². The van der Waals surface area contributed by atoms with Crippen molar-refractivity contribution in [1.29, 1.82) is 0 Å². The molecule has 8 aromatic carbocycles. The fourth-order valence-corrected chi connectivity index (χ4v) is 12.0. The molecule has 0 atom stereocenters. The Labute approximate surface area is 828 Å². The predicted molar refractivity (Wildman–Crippen MR) is 529 cm³/mol. The lowest BCUT2D eigenvalue weighted by Crippen LogP contribution is -2.19. The minimum Gasteiger partial charge on any atom is -0.500 e. The summed E-state index contributed by atoms with van der Waals surface area (Å²) in [6, 6.07) is 35.7. The molecule has 0 aliphatic rings. The SMILES string of the molecule is CCO/C=C(/C(C)=O)C(=O)OCC.CCOC(=O)C(=CNc1ccc(C)c(Br)c1F)C(=O)OCC.CCOC(=O)c1c[nH]c2c(F)c(Br)c(C)cc2c1=O.CCOC(=O)c1cnc2c(F)c(Br)c(C)cc2c1Cl.CN.CNN.Cc1cc2c(Cl)c(C=O)cnc2c(F)c1Br.Cc1ccc(N)c(F)c1Br.Nc1cccc(Br)c1F.O=P(Cl)(Cl)Cl.[HH].c1ccc(Oc2ccccc2)cc1. The van der Waals surface area contributed by atoms with Gasteiger partial charge in [-0.15, -0.1) is 0 Å². The van der Waals surface area contributed by atoms with Crippen molar-refractivity contribution in [2.24, 2.45) is 11.6 Å². The number of nitrogens with zero attached hydrogens (tertiary/aromatic N) is 2. The Kier molecular flexibility index (Phi) is 57.2. The number of nitrogens with one attached hydrogen (secondary N) is 3. The van der Waals surface area contributed by atoms with E-state index in [-0.39, 0.29) is 123 Å². The lowest BCUT2D eigenvalue weighted by molar-refractivity contribution is -0.147. The molecule has 0 aliphatic carbocycles. The number of H-pyrrole nitrogens is 1. The van der Waals surface area contributed by atoms with Gasteiger partial charge in [0.2, 0.25) is 5.43 Å². The van der Waals surface area contributed by atoms with Crippen LogP contribution < -0.4 is 44.0 Å². The van der Waals surface area contributed by atoms with E-state index in [0.717, 1.165) is 35.1 Å². The summed E-state index contributed by atoms with van der Waals surface area (Å²) in [5.41, 5.74) is 20.9. The molecule has 131 heavy (non-hydrogen) atoms. The highest BCUT2D eigenvalue weighted by molar-refractivity contribution is 9.11. The number of pyridine rings is 3. The van der Waals surface area contributed by atoms with Crippen LogP contribution in [0.1, 0.15) is 109 Å². The highest BCUT2D eigenvalue weighted by atomic mass is 79.9. The monoisotopic (exact) mass is 2320 g/mol. The number of carbonyl (C=O) groups excluding carboxylic acids is 7. The quantitative estimate of drug-likeness (QED) is 0.00341. The number of halogens is 17. The number of para-hydroxylation sites is 2. The van der Waals surface area contributed by atoms with Gasteiger partial charge in [0, 0.05) is 42.4 Å². The van der Waals surface area contributed by atoms with Crippen molar-refractivity contribution in [3.05, 3.63) is 290 Å². The molecule has 0 saturated heterocycles. The Hall–Kier alpha value is -9.02. The fourth-order valence-electron chi connectivity index (χ4n) is 9.44. The fraction of sp³-hybridized carbons (Fsp3) is 0.227. The van der Waals surface area contributed by atoms with Crippen LogP contribution in [0.4, 0.5) is 43.4 Å². The molecule has 11 aromatic rings. The maximum atomic E-state index is 14.0. The number of aldehydes is 1. The number of rotatable bonds is 18. The molecule has 11 N–H and O–H groups in total. The number of Topliss-reactive ketones (excluding diaryl/α,β-unsaturated/α-hetero) is 1. The molecule has 25 nitrogen and oxygen atoms in total. The number of benzene rings is 8. The van der Waals surface area contributed by atoms with Crippen LogP contribution in [0.25, 0.3) is 32.7 Å². The van der Waals surface area contributed by atoms with Gasteiger partial charge < -0.3 is 60.7 Å². The Bertz CT molecular complexity index is 5810. The minimum atomic E-state index is -3.22. The van der Waals surface area contributed by atoms with Crippen molar-refractivity contribution < 1.29 is 99.1 Å². The van der Waals surface area contributed by atoms with Crippen LogP contribution in [0.5, 0.6) is 11.5 Å². The number of hydrazine groups is 1. The Morgan fingerprint density at radius 3 is 1.33 bits per heavy atom. The summed E-state index contributed by atoms with van der Waals surface area (Å²) in [5.74, 6) is -0.405. The first-order valence-corrected chi connectivity index (χ1v) is 47.9. The van der Waals surface area contributed by atoms with Crippen molar-refractivity contribution in [2.75, 3.05) is 70.5 Å². The lowest BCUT2D eigenvalue weighted by atomic mass is 10.1. The second-order valence-electron chi connectivity index (χ2n) is 24.9. The largest absolute Gasteiger partial charge is 0.500 e. The van der Waals surface area contributed by atoms with E-state index in [4.69, 9.17) is 63.1 Å². The molecule has 0 radical (unpaired) electrons. The molecule has 0 saturated carbocycles. The maximum Gasteiger partial charge on any atom is 0.347 e. The summed E-state index contributed by atoms with van der Waals surface area (Å²) in [4.78, 5) is 102. The van der Waals surface area contributed by atoms with Crippen LogP contribution in [0.3, 0.4) is 0 Å². The van der Waals surface area contributed by atoms with Crippen LogP contribution in [-0.2, 0) is 52.2 Å². The summed E-state index contributed by atoms with van der Waals surface area (Å²) in [5, 5.41) is 0.722. The Balaban J connectivity index is 0.00000148. The van der Waals surface area contributed by atoms with Crippen molar-refractivity contribution in [2.45, 2.75) is 83.1 Å². The molecule has 43 heteroatoms. The standard InChI is InChI=1S/C15H17BrFNO4.C13H10BrClFNO2.C13H11BrFNO3.C12H10O.C11H6BrClFNO.C9H14O4.C7H7BrFN.C6H5BrFN.CH6N2.CH5N.Cl3OP.H2/c1-4-21-14(19)10(15(20)22-5-2)8-18-11-7-6-9(3)12(16)13(11)17;1-3-19-13(18)8-5-17-12-7(10(8)15)4-6(2)9(14)11(12)16;1-3-19-13(18)8-5-16-11-7(12(8)17)4-6(2)9(14)10(11)15;1-3-7-11(8-4-1)13-12-9-5-2-6-10-12;1-5-2-7-9(13)6(4-16)3-15-11(7)10(14)8(5)12;1-4-12-6-8(7(3)10)9(11)13-5-2;1-4-2-3-5(10)7(9)6(4)8;7-4-2-1-3-5(9)6(4)8;1-3-2;1-2;1-5(2,3)4;/h6-8,18H,4-5H2,1-3H3;4-5H,3H2,1-2H3;4-5H,3H2,1-2H3,(H,16,17);1-10H;2-4H,1H3;6H,4-5H2,1-3H3;2-3H,10H2,1H3;1-3H,9H2;3H,2H2,1H3;2H2,1H3;;1H/b;;;;;8-6-;;;;;;. The average Bonchev–Trinajstić information content (AvgIpc) is 0.780. The zero-order chi connectivity index (χ0) is 99.9. The number of aromatic nitrogens is 3. The van der Waals surface area contributed by atoms with Gasteiger partial charge >= 0.3 is 35.0 Å². The molecule has 0 spiro atoms. The number of nitrogens with two attached hydrogens (primary N) is 4. The summed E-state index contributed by atoms with van der Waals surface area (Å²) in [6.45, 7) is 21.3. The van der Waals surface area contributed by atoms with Crippen LogP contribution in [0.15, 0.2) is 195 Å². The highest BCUT2D eigenvalue weighted by Gasteiger charge is 2.24. The molecular formula is C88H93Br6Cl5F6N9O16P. The van der Waals surface area contributed by atoms with E-state index in [1.807, 2.05) is 67.6 Å². The van der Waals surface area contributed by atoms with Gasteiger partial charge in [0.05, 0.1) is 110 Å². The topological polar surface area (TPSA) is 388 Å². The van der Waals surface area contributed by atoms with Gasteiger partial charge in [-0.1, -0.05) is 77.8 Å². The summed E-state index contributed by atoms with van der Waals surface area (Å²) in [7, 11) is 3.15. The number of nitrogen functional groups attached to an aromatic ring is 2.